The number of hydrogen-bond acceptors (Lipinski definition) is 5. The number of carbonyl (C=O) groups is 2. The summed E-state index contributed by atoms with van der Waals surface area (Å²) >= 11 is 0. The summed E-state index contributed by atoms with van der Waals surface area (Å²) in [5.41, 5.74) is 0.486. The third-order valence-corrected chi connectivity index (χ3v) is 2.71. The molecule has 0 unspecified atom stereocenters. The Morgan fingerprint density at radius 1 is 1.04 bits per heavy atom. The Balaban J connectivity index is 2.00. The van der Waals surface area contributed by atoms with E-state index in [0.717, 1.165) is 5.56 Å². The molecular weight excluding hydrogens is 296 g/mol. The molecule has 128 valence electrons. The third-order valence-electron chi connectivity index (χ3n) is 2.71. The summed E-state index contributed by atoms with van der Waals surface area (Å²) in [6.45, 7) is 7.26. The molecule has 0 aliphatic rings. The fraction of sp³-hybridized carbons (Fsp3) is 0.529. The molecule has 0 aliphatic heterocycles. The zero-order chi connectivity index (χ0) is 17.1. The highest BCUT2D eigenvalue weighted by Crippen LogP contribution is 2.07. The van der Waals surface area contributed by atoms with Crippen molar-refractivity contribution < 1.29 is 19.1 Å². The lowest BCUT2D eigenvalue weighted by Gasteiger charge is -2.19. The van der Waals surface area contributed by atoms with Crippen LogP contribution in [0.25, 0.3) is 0 Å². The van der Waals surface area contributed by atoms with Crippen LogP contribution in [0.4, 0.5) is 4.79 Å². The van der Waals surface area contributed by atoms with Crippen LogP contribution in [0.2, 0.25) is 0 Å². The predicted molar refractivity (Wildman–Crippen MR) is 88.0 cm³/mol. The van der Waals surface area contributed by atoms with Crippen LogP contribution in [0.15, 0.2) is 30.3 Å². The Morgan fingerprint density at radius 2 is 1.74 bits per heavy atom. The lowest BCUT2D eigenvalue weighted by Crippen LogP contribution is -2.33. The van der Waals surface area contributed by atoms with Crippen molar-refractivity contribution >= 4 is 12.1 Å². The molecule has 6 nitrogen and oxygen atoms in total. The van der Waals surface area contributed by atoms with Gasteiger partial charge in [0.05, 0.1) is 6.42 Å². The number of esters is 1. The number of carbonyl (C=O) groups excluding carboxylic acids is 2. The van der Waals surface area contributed by atoms with E-state index in [9.17, 15) is 9.59 Å². The number of nitrogens with one attached hydrogen (secondary N) is 2. The number of alkyl carbamates (subject to hydrolysis) is 1. The van der Waals surface area contributed by atoms with Gasteiger partial charge >= 0.3 is 12.1 Å². The molecule has 0 aromatic heterocycles. The third kappa shape index (κ3) is 10.3. The average molecular weight is 322 g/mol. The monoisotopic (exact) mass is 322 g/mol. The fourth-order valence-corrected chi connectivity index (χ4v) is 1.74. The topological polar surface area (TPSA) is 76.7 Å². The number of benzene rings is 1. The van der Waals surface area contributed by atoms with E-state index in [2.05, 4.69) is 10.6 Å². The zero-order valence-corrected chi connectivity index (χ0v) is 14.1. The fourth-order valence-electron chi connectivity index (χ4n) is 1.74. The summed E-state index contributed by atoms with van der Waals surface area (Å²) in [4.78, 5) is 22.9. The van der Waals surface area contributed by atoms with Gasteiger partial charge in [0.1, 0.15) is 12.2 Å². The van der Waals surface area contributed by atoms with Crippen LogP contribution in [-0.4, -0.2) is 37.3 Å². The highest BCUT2D eigenvalue weighted by Gasteiger charge is 2.15. The first kappa shape index (κ1) is 19.0. The first-order chi connectivity index (χ1) is 10.9. The Kier molecular flexibility index (Phi) is 8.11. The summed E-state index contributed by atoms with van der Waals surface area (Å²) in [5, 5.41) is 5.70. The summed E-state index contributed by atoms with van der Waals surface area (Å²) < 4.78 is 10.3. The van der Waals surface area contributed by atoms with Crippen molar-refractivity contribution in [2.45, 2.75) is 39.4 Å². The van der Waals surface area contributed by atoms with Gasteiger partial charge in [0, 0.05) is 19.6 Å². The molecule has 0 saturated heterocycles. The van der Waals surface area contributed by atoms with Gasteiger partial charge in [-0.05, 0) is 26.3 Å². The molecule has 0 aliphatic carbocycles. The molecule has 0 spiro atoms. The van der Waals surface area contributed by atoms with E-state index >= 15 is 0 Å². The Hall–Kier alpha value is -2.08. The minimum atomic E-state index is -0.457. The lowest BCUT2D eigenvalue weighted by atomic mass is 10.2. The minimum Gasteiger partial charge on any atom is -0.460 e. The van der Waals surface area contributed by atoms with E-state index in [1.807, 2.05) is 51.1 Å². The maximum Gasteiger partial charge on any atom is 0.407 e. The van der Waals surface area contributed by atoms with Gasteiger partial charge in [0.15, 0.2) is 0 Å². The molecular formula is C17H26N2O4. The van der Waals surface area contributed by atoms with Gasteiger partial charge in [-0.25, -0.2) is 4.79 Å². The second kappa shape index (κ2) is 9.84. The molecule has 0 fully saturated rings. The molecule has 23 heavy (non-hydrogen) atoms. The van der Waals surface area contributed by atoms with E-state index in [0.29, 0.717) is 26.1 Å². The smallest absolute Gasteiger partial charge is 0.407 e. The molecule has 6 heteroatoms. The van der Waals surface area contributed by atoms with E-state index in [1.54, 1.807) is 0 Å². The van der Waals surface area contributed by atoms with Crippen LogP contribution in [0.3, 0.4) is 0 Å². The molecule has 0 radical (unpaired) electrons. The van der Waals surface area contributed by atoms with Crippen molar-refractivity contribution in [3.05, 3.63) is 35.9 Å². The van der Waals surface area contributed by atoms with Crippen LogP contribution in [-0.2, 0) is 20.9 Å². The van der Waals surface area contributed by atoms with Crippen molar-refractivity contribution in [2.24, 2.45) is 0 Å². The molecule has 0 atom stereocenters. The molecule has 0 saturated carbocycles. The first-order valence-electron chi connectivity index (χ1n) is 7.74. The van der Waals surface area contributed by atoms with Crippen LogP contribution < -0.4 is 10.6 Å². The van der Waals surface area contributed by atoms with Crippen LogP contribution in [0, 0.1) is 0 Å². The average Bonchev–Trinajstić information content (AvgIpc) is 2.48. The number of hydrogen-bond donors (Lipinski definition) is 2. The Labute approximate surface area is 137 Å². The van der Waals surface area contributed by atoms with Crippen LogP contribution in [0.1, 0.15) is 32.8 Å². The minimum absolute atomic E-state index is 0.236. The summed E-state index contributed by atoms with van der Waals surface area (Å²) in [7, 11) is 0. The second-order valence-electron chi connectivity index (χ2n) is 6.07. The van der Waals surface area contributed by atoms with Gasteiger partial charge in [-0.15, -0.1) is 0 Å². The largest absolute Gasteiger partial charge is 0.460 e. The molecule has 1 aromatic rings. The zero-order valence-electron chi connectivity index (χ0n) is 14.1. The Morgan fingerprint density at radius 3 is 2.39 bits per heavy atom. The quantitative estimate of drug-likeness (QED) is 0.567. The highest BCUT2D eigenvalue weighted by molar-refractivity contribution is 5.70. The van der Waals surface area contributed by atoms with Gasteiger partial charge in [-0.3, -0.25) is 4.79 Å². The SMILES string of the molecule is CC(C)(C)OC(=O)CCNCCNC(=O)OCc1ccccc1. The van der Waals surface area contributed by atoms with Gasteiger partial charge in [0.2, 0.25) is 0 Å². The maximum atomic E-state index is 11.5. The highest BCUT2D eigenvalue weighted by atomic mass is 16.6. The van der Waals surface area contributed by atoms with Gasteiger partial charge < -0.3 is 20.1 Å². The van der Waals surface area contributed by atoms with Crippen LogP contribution >= 0.6 is 0 Å². The van der Waals surface area contributed by atoms with Crippen molar-refractivity contribution in [1.82, 2.24) is 10.6 Å². The Bertz CT molecular complexity index is 483. The molecule has 0 bridgehead atoms. The molecule has 2 N–H and O–H groups in total. The standard InChI is InChI=1S/C17H26N2O4/c1-17(2,3)23-15(20)9-10-18-11-12-19-16(21)22-13-14-7-5-4-6-8-14/h4-8,18H,9-13H2,1-3H3,(H,19,21). The van der Waals surface area contributed by atoms with Gasteiger partial charge in [-0.1, -0.05) is 30.3 Å². The second-order valence-corrected chi connectivity index (χ2v) is 6.07. The summed E-state index contributed by atoms with van der Waals surface area (Å²) in [5.74, 6) is -0.236. The van der Waals surface area contributed by atoms with E-state index in [4.69, 9.17) is 9.47 Å². The number of amides is 1. The van der Waals surface area contributed by atoms with Gasteiger partial charge in [-0.2, -0.15) is 0 Å². The molecule has 1 amide bonds. The predicted octanol–water partition coefficient (Wildman–Crippen LogP) is 2.23. The van der Waals surface area contributed by atoms with Crippen molar-refractivity contribution in [3.63, 3.8) is 0 Å². The summed E-state index contributed by atoms with van der Waals surface area (Å²) in [6, 6.07) is 9.49. The maximum absolute atomic E-state index is 11.5. The normalized spacial score (nSPS) is 10.9. The van der Waals surface area contributed by atoms with Crippen molar-refractivity contribution in [3.8, 4) is 0 Å². The lowest BCUT2D eigenvalue weighted by molar-refractivity contribution is -0.154. The van der Waals surface area contributed by atoms with Crippen molar-refractivity contribution in [1.29, 1.82) is 0 Å². The van der Waals surface area contributed by atoms with E-state index < -0.39 is 11.7 Å². The molecule has 0 heterocycles. The van der Waals surface area contributed by atoms with Crippen LogP contribution in [0.5, 0.6) is 0 Å². The molecule has 1 rings (SSSR count). The van der Waals surface area contributed by atoms with Crippen molar-refractivity contribution in [2.75, 3.05) is 19.6 Å². The summed E-state index contributed by atoms with van der Waals surface area (Å²) in [6.07, 6.45) is -0.154. The van der Waals surface area contributed by atoms with E-state index in [-0.39, 0.29) is 12.6 Å². The number of ether oxygens (including phenoxy) is 2. The van der Waals surface area contributed by atoms with Gasteiger partial charge in [0.25, 0.3) is 0 Å². The number of rotatable bonds is 8. The molecule has 1 aromatic carbocycles. The van der Waals surface area contributed by atoms with E-state index in [1.165, 1.54) is 0 Å². The first-order valence-corrected chi connectivity index (χ1v) is 7.74.